The van der Waals surface area contributed by atoms with Crippen LogP contribution in [0.15, 0.2) is 0 Å². The van der Waals surface area contributed by atoms with E-state index in [1.807, 2.05) is 0 Å². The summed E-state index contributed by atoms with van der Waals surface area (Å²) in [5.74, 6) is -0.228. The van der Waals surface area contributed by atoms with Gasteiger partial charge in [0.2, 0.25) is 0 Å². The summed E-state index contributed by atoms with van der Waals surface area (Å²) < 4.78 is 15.3. The number of carbonyl (C=O) groups is 1. The highest BCUT2D eigenvalue weighted by Crippen LogP contribution is 2.13. The van der Waals surface area contributed by atoms with Crippen LogP contribution in [-0.4, -0.2) is 19.0 Å². The Balaban J connectivity index is 3.28. The third-order valence-corrected chi connectivity index (χ3v) is 1.88. The topological polar surface area (TPSA) is 43.4 Å². The molecule has 3 nitrogen and oxygen atoms in total. The van der Waals surface area contributed by atoms with Crippen LogP contribution in [0.1, 0.15) is 32.6 Å². The molecule has 12 heavy (non-hydrogen) atoms. The Morgan fingerprint density at radius 3 is 2.58 bits per heavy atom. The van der Waals surface area contributed by atoms with Crippen molar-refractivity contribution in [2.75, 3.05) is 13.0 Å². The molecule has 0 aliphatic heterocycles. The second-order valence-electron chi connectivity index (χ2n) is 2.73. The molecule has 0 aromatic heterocycles. The van der Waals surface area contributed by atoms with Crippen LogP contribution in [0.5, 0.6) is 0 Å². The van der Waals surface area contributed by atoms with Crippen molar-refractivity contribution in [3.05, 3.63) is 0 Å². The molecule has 0 saturated carbocycles. The number of hydrogen-bond acceptors (Lipinski definition) is 3. The number of ether oxygens (including phenoxy) is 1. The number of carbonyl (C=O) groups excluding carboxylic acids is 1. The Kier molecular flexibility index (Phi) is 6.97. The summed E-state index contributed by atoms with van der Waals surface area (Å²) >= 11 is 0. The molecule has 0 bridgehead atoms. The van der Waals surface area contributed by atoms with E-state index in [4.69, 9.17) is 4.74 Å². The minimum Gasteiger partial charge on any atom is -0.419 e. The Bertz CT molecular complexity index is 156. The van der Waals surface area contributed by atoms with Gasteiger partial charge in [-0.15, -0.1) is 0 Å². The van der Waals surface area contributed by atoms with Gasteiger partial charge in [0, 0.05) is 6.42 Å². The van der Waals surface area contributed by atoms with Crippen LogP contribution in [0.3, 0.4) is 0 Å². The Morgan fingerprint density at radius 2 is 2.08 bits per heavy atom. The van der Waals surface area contributed by atoms with Gasteiger partial charge in [0.05, 0.1) is 0 Å². The molecule has 0 saturated heterocycles. The van der Waals surface area contributed by atoms with Crippen LogP contribution < -0.4 is 0 Å². The number of esters is 1. The molecule has 0 spiro atoms. The molecule has 0 amide bonds. The van der Waals surface area contributed by atoms with E-state index in [1.54, 1.807) is 6.66 Å². The number of unbranched alkanes of at least 4 members (excludes halogenated alkanes) is 2. The van der Waals surface area contributed by atoms with Gasteiger partial charge in [-0.1, -0.05) is 24.3 Å². The largest absolute Gasteiger partial charge is 0.419 e. The van der Waals surface area contributed by atoms with Gasteiger partial charge in [-0.05, 0) is 6.42 Å². The molecule has 0 fully saturated rings. The lowest BCUT2D eigenvalue weighted by Gasteiger charge is -1.97. The van der Waals surface area contributed by atoms with Gasteiger partial charge in [-0.2, -0.15) is 0 Å². The van der Waals surface area contributed by atoms with E-state index >= 15 is 0 Å². The standard InChI is InChI=1S/C8H16O3P/c1-3-4-5-6-8(9)11-7-12(2)10/h3-7H2,1-2H3/q+1. The molecule has 0 aromatic carbocycles. The lowest BCUT2D eigenvalue weighted by molar-refractivity contribution is -0.141. The molecule has 0 aromatic rings. The predicted octanol–water partition coefficient (Wildman–Crippen LogP) is 2.52. The average Bonchev–Trinajstić information content (AvgIpc) is 2.01. The zero-order valence-corrected chi connectivity index (χ0v) is 8.60. The van der Waals surface area contributed by atoms with Crippen LogP contribution in [-0.2, 0) is 14.1 Å². The predicted molar refractivity (Wildman–Crippen MR) is 48.6 cm³/mol. The highest BCUT2D eigenvalue weighted by molar-refractivity contribution is 7.43. The van der Waals surface area contributed by atoms with Crippen LogP contribution in [0.25, 0.3) is 0 Å². The molecule has 0 aliphatic rings. The van der Waals surface area contributed by atoms with Crippen molar-refractivity contribution in [3.63, 3.8) is 0 Å². The van der Waals surface area contributed by atoms with E-state index < -0.39 is 7.80 Å². The fourth-order valence-electron chi connectivity index (χ4n) is 0.754. The molecular weight excluding hydrogens is 175 g/mol. The van der Waals surface area contributed by atoms with Crippen molar-refractivity contribution in [2.24, 2.45) is 0 Å². The molecule has 0 aliphatic carbocycles. The Hall–Kier alpha value is -0.430. The third-order valence-electron chi connectivity index (χ3n) is 1.39. The first-order chi connectivity index (χ1) is 5.66. The highest BCUT2D eigenvalue weighted by Gasteiger charge is 2.09. The Labute approximate surface area is 74.3 Å². The van der Waals surface area contributed by atoms with E-state index in [-0.39, 0.29) is 12.3 Å². The fraction of sp³-hybridized carbons (Fsp3) is 0.875. The average molecular weight is 191 g/mol. The first-order valence-corrected chi connectivity index (χ1v) is 6.10. The monoisotopic (exact) mass is 191 g/mol. The van der Waals surface area contributed by atoms with E-state index in [0.29, 0.717) is 6.42 Å². The summed E-state index contributed by atoms with van der Waals surface area (Å²) in [7, 11) is -1.34. The van der Waals surface area contributed by atoms with Gasteiger partial charge < -0.3 is 4.74 Å². The minimum atomic E-state index is -1.34. The van der Waals surface area contributed by atoms with Crippen molar-refractivity contribution in [1.82, 2.24) is 0 Å². The quantitative estimate of drug-likeness (QED) is 0.368. The van der Waals surface area contributed by atoms with Crippen molar-refractivity contribution >= 4 is 13.8 Å². The minimum absolute atomic E-state index is 0.0697. The fourth-order valence-corrected chi connectivity index (χ4v) is 1.08. The maximum Gasteiger partial charge on any atom is 0.376 e. The second-order valence-corrected chi connectivity index (χ2v) is 4.24. The van der Waals surface area contributed by atoms with Gasteiger partial charge in [0.15, 0.2) is 0 Å². The lowest BCUT2D eigenvalue weighted by Crippen LogP contribution is -2.03. The van der Waals surface area contributed by atoms with Crippen molar-refractivity contribution in [2.45, 2.75) is 32.6 Å². The molecule has 0 radical (unpaired) electrons. The summed E-state index contributed by atoms with van der Waals surface area (Å²) in [5.41, 5.74) is 0. The molecular formula is C8H16O3P+. The number of rotatable bonds is 6. The zero-order chi connectivity index (χ0) is 9.40. The van der Waals surface area contributed by atoms with Gasteiger partial charge in [0.25, 0.3) is 6.35 Å². The summed E-state index contributed by atoms with van der Waals surface area (Å²) in [5, 5.41) is 0. The van der Waals surface area contributed by atoms with E-state index in [1.165, 1.54) is 0 Å². The summed E-state index contributed by atoms with van der Waals surface area (Å²) in [6.07, 6.45) is 3.54. The molecule has 0 rings (SSSR count). The molecule has 0 N–H and O–H groups in total. The lowest BCUT2D eigenvalue weighted by atomic mass is 10.2. The molecule has 0 heterocycles. The van der Waals surface area contributed by atoms with Crippen LogP contribution in [0.2, 0.25) is 0 Å². The maximum atomic E-state index is 10.9. The van der Waals surface area contributed by atoms with Gasteiger partial charge >= 0.3 is 13.8 Å². The zero-order valence-electron chi connectivity index (χ0n) is 7.71. The normalized spacial score (nSPS) is 11.0. The molecule has 1 atom stereocenters. The Morgan fingerprint density at radius 1 is 1.42 bits per heavy atom. The van der Waals surface area contributed by atoms with Crippen molar-refractivity contribution in [1.29, 1.82) is 0 Å². The van der Waals surface area contributed by atoms with Crippen molar-refractivity contribution < 1.29 is 14.1 Å². The smallest absolute Gasteiger partial charge is 0.376 e. The van der Waals surface area contributed by atoms with E-state index in [9.17, 15) is 9.36 Å². The SMILES string of the molecule is CCCCCC(=O)OC[P+](C)=O. The van der Waals surface area contributed by atoms with Gasteiger partial charge in [-0.25, -0.2) is 0 Å². The second kappa shape index (κ2) is 7.23. The van der Waals surface area contributed by atoms with Crippen molar-refractivity contribution in [3.8, 4) is 0 Å². The summed E-state index contributed by atoms with van der Waals surface area (Å²) in [4.78, 5) is 10.9. The first kappa shape index (κ1) is 11.6. The first-order valence-electron chi connectivity index (χ1n) is 4.20. The highest BCUT2D eigenvalue weighted by atomic mass is 31.1. The number of hydrogen-bond donors (Lipinski definition) is 0. The maximum absolute atomic E-state index is 10.9. The summed E-state index contributed by atoms with van der Waals surface area (Å²) in [6.45, 7) is 3.63. The van der Waals surface area contributed by atoms with E-state index in [0.717, 1.165) is 19.3 Å². The summed E-state index contributed by atoms with van der Waals surface area (Å²) in [6, 6.07) is 0. The van der Waals surface area contributed by atoms with E-state index in [2.05, 4.69) is 6.92 Å². The van der Waals surface area contributed by atoms with Crippen LogP contribution >= 0.6 is 7.80 Å². The molecule has 1 unspecified atom stereocenters. The van der Waals surface area contributed by atoms with Crippen LogP contribution in [0, 0.1) is 0 Å². The molecule has 70 valence electrons. The van der Waals surface area contributed by atoms with Gasteiger partial charge in [0.1, 0.15) is 6.66 Å². The molecule has 4 heteroatoms. The van der Waals surface area contributed by atoms with Crippen LogP contribution in [0.4, 0.5) is 0 Å². The van der Waals surface area contributed by atoms with Gasteiger partial charge in [-0.3, -0.25) is 4.79 Å². The third kappa shape index (κ3) is 7.67.